The minimum absolute atomic E-state index is 0.149. The van der Waals surface area contributed by atoms with Crippen LogP contribution in [0.3, 0.4) is 0 Å². The Morgan fingerprint density at radius 2 is 2.00 bits per heavy atom. The van der Waals surface area contributed by atoms with Crippen LogP contribution in [0.4, 0.5) is 5.69 Å². The molecule has 1 atom stereocenters. The van der Waals surface area contributed by atoms with Gasteiger partial charge < -0.3 is 4.79 Å². The molecule has 5 nitrogen and oxygen atoms in total. The summed E-state index contributed by atoms with van der Waals surface area (Å²) in [5.74, 6) is 0. The first-order valence-corrected chi connectivity index (χ1v) is 5.88. The van der Waals surface area contributed by atoms with Crippen molar-refractivity contribution >= 4 is 22.2 Å². The van der Waals surface area contributed by atoms with Crippen LogP contribution in [0.15, 0.2) is 30.3 Å². The van der Waals surface area contributed by atoms with Crippen molar-refractivity contribution in [3.8, 4) is 0 Å². The minimum atomic E-state index is -3.55. The fraction of sp³-hybridized carbons (Fsp3) is 0.222. The van der Waals surface area contributed by atoms with Crippen LogP contribution in [0.5, 0.6) is 0 Å². The van der Waals surface area contributed by atoms with Gasteiger partial charge >= 0.3 is 10.2 Å². The Morgan fingerprint density at radius 1 is 1.33 bits per heavy atom. The zero-order valence-electron chi connectivity index (χ0n) is 7.83. The Balaban J connectivity index is 2.35. The third kappa shape index (κ3) is 1.86. The summed E-state index contributed by atoms with van der Waals surface area (Å²) in [6.07, 6.45) is 0.598. The largest absolute Gasteiger partial charge is 0.302 e. The third-order valence-electron chi connectivity index (χ3n) is 2.16. The van der Waals surface area contributed by atoms with Gasteiger partial charge in [0.25, 0.3) is 0 Å². The van der Waals surface area contributed by atoms with Crippen molar-refractivity contribution in [3.05, 3.63) is 30.3 Å². The number of para-hydroxylation sites is 1. The van der Waals surface area contributed by atoms with E-state index < -0.39 is 16.3 Å². The van der Waals surface area contributed by atoms with E-state index in [1.54, 1.807) is 30.3 Å². The molecule has 0 aliphatic carbocycles. The summed E-state index contributed by atoms with van der Waals surface area (Å²) >= 11 is 0. The summed E-state index contributed by atoms with van der Waals surface area (Å²) in [5.41, 5.74) is 0.564. The smallest absolute Gasteiger partial charge is 0.302 e. The van der Waals surface area contributed by atoms with E-state index in [1.807, 2.05) is 0 Å². The first kappa shape index (κ1) is 10.1. The fourth-order valence-corrected chi connectivity index (χ4v) is 2.87. The highest BCUT2D eigenvalue weighted by atomic mass is 32.2. The van der Waals surface area contributed by atoms with E-state index >= 15 is 0 Å². The molecule has 15 heavy (non-hydrogen) atoms. The van der Waals surface area contributed by atoms with Crippen LogP contribution in [0.25, 0.3) is 0 Å². The summed E-state index contributed by atoms with van der Waals surface area (Å²) in [6.45, 7) is 0.149. The van der Waals surface area contributed by atoms with E-state index in [9.17, 15) is 13.2 Å². The molecule has 1 unspecified atom stereocenters. The van der Waals surface area contributed by atoms with Crippen molar-refractivity contribution < 1.29 is 13.2 Å². The molecule has 1 aromatic rings. The van der Waals surface area contributed by atoms with Gasteiger partial charge in [-0.3, -0.25) is 4.31 Å². The number of anilines is 1. The molecule has 1 aliphatic rings. The molecule has 2 rings (SSSR count). The Hall–Kier alpha value is -1.40. The average molecular weight is 226 g/mol. The molecule has 0 radical (unpaired) electrons. The van der Waals surface area contributed by atoms with Crippen LogP contribution >= 0.6 is 0 Å². The summed E-state index contributed by atoms with van der Waals surface area (Å²) in [4.78, 5) is 10.5. The van der Waals surface area contributed by atoms with Crippen LogP contribution in [0.1, 0.15) is 0 Å². The lowest BCUT2D eigenvalue weighted by molar-refractivity contribution is -0.108. The second-order valence-corrected chi connectivity index (χ2v) is 4.86. The van der Waals surface area contributed by atoms with Crippen LogP contribution in [0, 0.1) is 0 Å². The van der Waals surface area contributed by atoms with Gasteiger partial charge in [0, 0.05) is 0 Å². The van der Waals surface area contributed by atoms with E-state index in [0.29, 0.717) is 12.0 Å². The van der Waals surface area contributed by atoms with E-state index in [0.717, 1.165) is 0 Å². The Morgan fingerprint density at radius 3 is 2.53 bits per heavy atom. The monoisotopic (exact) mass is 226 g/mol. The van der Waals surface area contributed by atoms with Crippen molar-refractivity contribution in [3.63, 3.8) is 0 Å². The molecule has 0 amide bonds. The zero-order chi connectivity index (χ0) is 10.9. The Labute approximate surface area is 87.9 Å². The molecule has 1 N–H and O–H groups in total. The van der Waals surface area contributed by atoms with Crippen molar-refractivity contribution in [2.24, 2.45) is 0 Å². The molecular formula is C9H10N2O3S. The highest BCUT2D eigenvalue weighted by molar-refractivity contribution is 7.91. The molecule has 1 saturated heterocycles. The van der Waals surface area contributed by atoms with Gasteiger partial charge in [-0.05, 0) is 12.1 Å². The molecule has 80 valence electrons. The minimum Gasteiger partial charge on any atom is -0.302 e. The molecule has 1 fully saturated rings. The number of carbonyl (C=O) groups is 1. The van der Waals surface area contributed by atoms with Crippen LogP contribution in [0.2, 0.25) is 0 Å². The molecule has 0 aromatic heterocycles. The standard InChI is InChI=1S/C9H10N2O3S/c12-7-8-6-11(15(13,14)10-8)9-4-2-1-3-5-9/h1-5,7-8,10H,6H2. The number of aldehydes is 1. The van der Waals surface area contributed by atoms with Gasteiger partial charge in [-0.25, -0.2) is 0 Å². The molecule has 6 heteroatoms. The Bertz CT molecular complexity index is 458. The first-order chi connectivity index (χ1) is 7.13. The highest BCUT2D eigenvalue weighted by Crippen LogP contribution is 2.20. The lowest BCUT2D eigenvalue weighted by atomic mass is 10.3. The van der Waals surface area contributed by atoms with Crippen molar-refractivity contribution in [1.82, 2.24) is 4.72 Å². The molecular weight excluding hydrogens is 216 g/mol. The maximum Gasteiger partial charge on any atom is 0.302 e. The quantitative estimate of drug-likeness (QED) is 0.717. The number of rotatable bonds is 2. The van der Waals surface area contributed by atoms with Gasteiger partial charge in [0.1, 0.15) is 6.29 Å². The normalized spacial score (nSPS) is 24.0. The predicted molar refractivity (Wildman–Crippen MR) is 55.7 cm³/mol. The highest BCUT2D eigenvalue weighted by Gasteiger charge is 2.34. The van der Waals surface area contributed by atoms with Crippen molar-refractivity contribution in [2.75, 3.05) is 10.8 Å². The van der Waals surface area contributed by atoms with Crippen molar-refractivity contribution in [2.45, 2.75) is 6.04 Å². The van der Waals surface area contributed by atoms with Crippen LogP contribution in [-0.4, -0.2) is 27.3 Å². The van der Waals surface area contributed by atoms with Gasteiger partial charge in [0.2, 0.25) is 0 Å². The summed E-state index contributed by atoms with van der Waals surface area (Å²) in [7, 11) is -3.55. The lowest BCUT2D eigenvalue weighted by Crippen LogP contribution is -2.30. The summed E-state index contributed by atoms with van der Waals surface area (Å²) in [6, 6.07) is 8.02. The number of benzene rings is 1. The topological polar surface area (TPSA) is 66.5 Å². The molecule has 1 aromatic carbocycles. The van der Waals surface area contributed by atoms with E-state index in [2.05, 4.69) is 4.72 Å². The maximum absolute atomic E-state index is 11.6. The van der Waals surface area contributed by atoms with E-state index in [4.69, 9.17) is 0 Å². The average Bonchev–Trinajstić information content (AvgIpc) is 2.55. The molecule has 0 spiro atoms. The van der Waals surface area contributed by atoms with Gasteiger partial charge in [0.05, 0.1) is 18.3 Å². The third-order valence-corrected chi connectivity index (χ3v) is 3.70. The number of hydrogen-bond donors (Lipinski definition) is 1. The van der Waals surface area contributed by atoms with Gasteiger partial charge in [-0.15, -0.1) is 0 Å². The van der Waals surface area contributed by atoms with Crippen molar-refractivity contribution in [1.29, 1.82) is 0 Å². The predicted octanol–water partition coefficient (Wildman–Crippen LogP) is -0.0915. The number of carbonyl (C=O) groups excluding carboxylic acids is 1. The number of nitrogens with one attached hydrogen (secondary N) is 1. The fourth-order valence-electron chi connectivity index (χ4n) is 1.48. The summed E-state index contributed by atoms with van der Waals surface area (Å²) in [5, 5.41) is 0. The van der Waals surface area contributed by atoms with E-state index in [-0.39, 0.29) is 6.54 Å². The van der Waals surface area contributed by atoms with Gasteiger partial charge in [0.15, 0.2) is 0 Å². The molecule has 0 bridgehead atoms. The van der Waals surface area contributed by atoms with Crippen LogP contribution < -0.4 is 9.03 Å². The van der Waals surface area contributed by atoms with Crippen LogP contribution in [-0.2, 0) is 15.0 Å². The molecule has 1 aliphatic heterocycles. The maximum atomic E-state index is 11.6. The molecule has 0 saturated carbocycles. The molecule has 1 heterocycles. The van der Waals surface area contributed by atoms with E-state index in [1.165, 1.54) is 4.31 Å². The number of nitrogens with zero attached hydrogens (tertiary/aromatic N) is 1. The lowest BCUT2D eigenvalue weighted by Gasteiger charge is -2.14. The van der Waals surface area contributed by atoms with Gasteiger partial charge in [-0.2, -0.15) is 13.1 Å². The second kappa shape index (κ2) is 3.63. The number of hydrogen-bond acceptors (Lipinski definition) is 3. The summed E-state index contributed by atoms with van der Waals surface area (Å²) < 4.78 is 26.6. The zero-order valence-corrected chi connectivity index (χ0v) is 8.65. The second-order valence-electron chi connectivity index (χ2n) is 3.23. The Kier molecular flexibility index (Phi) is 2.45. The SMILES string of the molecule is O=CC1CN(c2ccccc2)S(=O)(=O)N1. The first-order valence-electron chi connectivity index (χ1n) is 4.44. The van der Waals surface area contributed by atoms with Gasteiger partial charge in [-0.1, -0.05) is 18.2 Å².